The van der Waals surface area contributed by atoms with E-state index in [-0.39, 0.29) is 0 Å². The van der Waals surface area contributed by atoms with Crippen LogP contribution in [0, 0.1) is 5.92 Å². The molecule has 4 rings (SSSR count). The average molecular weight is 373 g/mol. The van der Waals surface area contributed by atoms with E-state index in [1.165, 1.54) is 62.3 Å². The lowest BCUT2D eigenvalue weighted by molar-refractivity contribution is 0.365. The number of fused-ring (bicyclic) bond motifs is 1. The zero-order valence-corrected chi connectivity index (χ0v) is 16.9. The van der Waals surface area contributed by atoms with Crippen molar-refractivity contribution in [3.05, 3.63) is 72.3 Å². The molecule has 0 N–H and O–H groups in total. The van der Waals surface area contributed by atoms with Gasteiger partial charge in [-0.3, -0.25) is 0 Å². The molecule has 3 aromatic rings. The predicted molar refractivity (Wildman–Crippen MR) is 120 cm³/mol. The lowest BCUT2D eigenvalue weighted by atomic mass is 9.91. The molecule has 2 nitrogen and oxygen atoms in total. The number of aryl methyl sites for hydroxylation is 1. The lowest BCUT2D eigenvalue weighted by Crippen LogP contribution is -2.34. The number of pyridine rings is 1. The van der Waals surface area contributed by atoms with E-state index in [4.69, 9.17) is 4.98 Å². The van der Waals surface area contributed by atoms with Crippen molar-refractivity contribution in [2.45, 2.75) is 51.4 Å². The van der Waals surface area contributed by atoms with E-state index in [1.54, 1.807) is 0 Å². The van der Waals surface area contributed by atoms with Crippen LogP contribution in [-0.2, 0) is 6.42 Å². The highest BCUT2D eigenvalue weighted by Crippen LogP contribution is 2.27. The summed E-state index contributed by atoms with van der Waals surface area (Å²) >= 11 is 0. The van der Waals surface area contributed by atoms with Gasteiger partial charge in [-0.15, -0.1) is 0 Å². The molecule has 2 heteroatoms. The van der Waals surface area contributed by atoms with Gasteiger partial charge >= 0.3 is 0 Å². The second-order valence-corrected chi connectivity index (χ2v) is 8.23. The second-order valence-electron chi connectivity index (χ2n) is 8.23. The molecule has 0 unspecified atom stereocenters. The Morgan fingerprint density at radius 3 is 2.36 bits per heavy atom. The predicted octanol–water partition coefficient (Wildman–Crippen LogP) is 6.64. The molecular weight excluding hydrogens is 340 g/mol. The average Bonchev–Trinajstić information content (AvgIpc) is 2.77. The fourth-order valence-electron chi connectivity index (χ4n) is 4.44. The van der Waals surface area contributed by atoms with Crippen molar-refractivity contribution in [1.29, 1.82) is 0 Å². The summed E-state index contributed by atoms with van der Waals surface area (Å²) in [5, 5.41) is 1.23. The Morgan fingerprint density at radius 2 is 1.50 bits per heavy atom. The van der Waals surface area contributed by atoms with Gasteiger partial charge in [0, 0.05) is 18.5 Å². The van der Waals surface area contributed by atoms with Gasteiger partial charge in [0.25, 0.3) is 0 Å². The van der Waals surface area contributed by atoms with Crippen LogP contribution in [0.2, 0.25) is 0 Å². The van der Waals surface area contributed by atoms with Crippen molar-refractivity contribution >= 4 is 16.7 Å². The maximum atomic E-state index is 4.87. The number of hydrogen-bond donors (Lipinski definition) is 0. The zero-order valence-electron chi connectivity index (χ0n) is 16.9. The molecule has 0 saturated carbocycles. The van der Waals surface area contributed by atoms with Crippen molar-refractivity contribution < 1.29 is 0 Å². The molecule has 28 heavy (non-hydrogen) atoms. The van der Waals surface area contributed by atoms with Crippen LogP contribution in [0.1, 0.15) is 50.5 Å². The van der Waals surface area contributed by atoms with Gasteiger partial charge < -0.3 is 4.90 Å². The quantitative estimate of drug-likeness (QED) is 0.412. The molecule has 1 aromatic heterocycles. The van der Waals surface area contributed by atoms with Crippen LogP contribution in [-0.4, -0.2) is 18.1 Å². The molecule has 1 fully saturated rings. The van der Waals surface area contributed by atoms with E-state index in [9.17, 15) is 0 Å². The summed E-state index contributed by atoms with van der Waals surface area (Å²) in [5.41, 5.74) is 2.59. The maximum Gasteiger partial charge on any atom is 0.129 e. The van der Waals surface area contributed by atoms with Gasteiger partial charge in [0.15, 0.2) is 0 Å². The van der Waals surface area contributed by atoms with Gasteiger partial charge in [-0.25, -0.2) is 4.98 Å². The largest absolute Gasteiger partial charge is 0.357 e. The van der Waals surface area contributed by atoms with Gasteiger partial charge in [0.05, 0.1) is 5.52 Å². The van der Waals surface area contributed by atoms with Crippen LogP contribution in [0.5, 0.6) is 0 Å². The first-order valence-electron chi connectivity index (χ1n) is 11.0. The minimum absolute atomic E-state index is 0.908. The Bertz CT molecular complexity index is 850. The Balaban J connectivity index is 1.14. The van der Waals surface area contributed by atoms with Crippen molar-refractivity contribution in [1.82, 2.24) is 4.98 Å². The molecule has 0 bridgehead atoms. The number of hydrogen-bond acceptors (Lipinski definition) is 2. The Hall–Kier alpha value is -2.35. The van der Waals surface area contributed by atoms with Gasteiger partial charge in [0.2, 0.25) is 0 Å². The molecule has 0 amide bonds. The molecule has 0 spiro atoms. The molecule has 2 heterocycles. The summed E-state index contributed by atoms with van der Waals surface area (Å²) in [6, 6.07) is 23.7. The molecule has 2 aromatic carbocycles. The molecular formula is C26H32N2. The number of piperidine rings is 1. The minimum atomic E-state index is 0.908. The summed E-state index contributed by atoms with van der Waals surface area (Å²) in [6.07, 6.45) is 10.8. The number of aromatic nitrogens is 1. The van der Waals surface area contributed by atoms with Crippen molar-refractivity contribution in [3.63, 3.8) is 0 Å². The smallest absolute Gasteiger partial charge is 0.129 e. The van der Waals surface area contributed by atoms with Crippen LogP contribution >= 0.6 is 0 Å². The molecule has 1 aliphatic rings. The first-order valence-corrected chi connectivity index (χ1v) is 11.0. The monoisotopic (exact) mass is 372 g/mol. The number of benzene rings is 2. The lowest BCUT2D eigenvalue weighted by Gasteiger charge is -2.33. The number of nitrogens with zero attached hydrogens (tertiary/aromatic N) is 2. The Morgan fingerprint density at radius 1 is 0.750 bits per heavy atom. The molecule has 0 atom stereocenters. The van der Waals surface area contributed by atoms with Gasteiger partial charge in [-0.2, -0.15) is 0 Å². The first kappa shape index (κ1) is 19.0. The first-order chi connectivity index (χ1) is 13.9. The van der Waals surface area contributed by atoms with Crippen molar-refractivity contribution in [2.75, 3.05) is 18.0 Å². The van der Waals surface area contributed by atoms with E-state index in [2.05, 4.69) is 71.6 Å². The second kappa shape index (κ2) is 9.73. The van der Waals surface area contributed by atoms with Gasteiger partial charge in [0.1, 0.15) is 5.82 Å². The summed E-state index contributed by atoms with van der Waals surface area (Å²) < 4.78 is 0. The third kappa shape index (κ3) is 5.13. The van der Waals surface area contributed by atoms with E-state index in [1.807, 2.05) is 0 Å². The highest BCUT2D eigenvalue weighted by Gasteiger charge is 2.19. The summed E-state index contributed by atoms with van der Waals surface area (Å²) in [4.78, 5) is 7.35. The van der Waals surface area contributed by atoms with E-state index >= 15 is 0 Å². The normalized spacial score (nSPS) is 15.2. The Labute approximate surface area is 169 Å². The minimum Gasteiger partial charge on any atom is -0.357 e. The van der Waals surface area contributed by atoms with E-state index < -0.39 is 0 Å². The summed E-state index contributed by atoms with van der Waals surface area (Å²) in [6.45, 7) is 2.31. The maximum absolute atomic E-state index is 4.87. The molecule has 1 saturated heterocycles. The highest BCUT2D eigenvalue weighted by molar-refractivity contribution is 5.80. The number of para-hydroxylation sites is 1. The van der Waals surface area contributed by atoms with E-state index in [0.717, 1.165) is 30.3 Å². The zero-order chi connectivity index (χ0) is 19.0. The Kier molecular flexibility index (Phi) is 6.60. The fraction of sp³-hybridized carbons (Fsp3) is 0.423. The van der Waals surface area contributed by atoms with Crippen LogP contribution in [0.4, 0.5) is 5.82 Å². The SMILES string of the molecule is c1ccc(CCCCCCC2CCN(c3ccc4ccccc4n3)CC2)cc1. The highest BCUT2D eigenvalue weighted by atomic mass is 15.2. The van der Waals surface area contributed by atoms with Crippen LogP contribution in [0.25, 0.3) is 10.9 Å². The standard InChI is InChI=1S/C26H32N2/c1(4-10-22-11-6-3-7-12-22)2-5-13-23-18-20-28(21-19-23)26-17-16-24-14-8-9-15-25(24)27-26/h3,6-9,11-12,14-17,23H,1-2,4-5,10,13,18-21H2. The van der Waals surface area contributed by atoms with Crippen molar-refractivity contribution in [2.24, 2.45) is 5.92 Å². The van der Waals surface area contributed by atoms with Crippen LogP contribution in [0.3, 0.4) is 0 Å². The van der Waals surface area contributed by atoms with Crippen LogP contribution < -0.4 is 4.90 Å². The third-order valence-corrected chi connectivity index (χ3v) is 6.19. The van der Waals surface area contributed by atoms with Gasteiger partial charge in [-0.1, -0.05) is 74.2 Å². The number of anilines is 1. The third-order valence-electron chi connectivity index (χ3n) is 6.19. The van der Waals surface area contributed by atoms with E-state index in [0.29, 0.717) is 0 Å². The summed E-state index contributed by atoms with van der Waals surface area (Å²) in [5.74, 6) is 2.06. The van der Waals surface area contributed by atoms with Crippen molar-refractivity contribution in [3.8, 4) is 0 Å². The topological polar surface area (TPSA) is 16.1 Å². The van der Waals surface area contributed by atoms with Crippen LogP contribution in [0.15, 0.2) is 66.7 Å². The number of unbranched alkanes of at least 4 members (excludes halogenated alkanes) is 3. The summed E-state index contributed by atoms with van der Waals surface area (Å²) in [7, 11) is 0. The number of rotatable bonds is 8. The molecule has 0 aliphatic carbocycles. The fourth-order valence-corrected chi connectivity index (χ4v) is 4.44. The molecule has 1 aliphatic heterocycles. The molecule has 0 radical (unpaired) electrons. The van der Waals surface area contributed by atoms with Gasteiger partial charge in [-0.05, 0) is 55.4 Å². The molecule has 146 valence electrons.